The minimum Gasteiger partial charge on any atom is -0.493 e. The van der Waals surface area contributed by atoms with Gasteiger partial charge in [-0.1, -0.05) is 6.07 Å². The minimum absolute atomic E-state index is 0.708. The van der Waals surface area contributed by atoms with Gasteiger partial charge in [-0.2, -0.15) is 0 Å². The first kappa shape index (κ1) is 19.2. The zero-order valence-corrected chi connectivity index (χ0v) is 16.2. The molecular formula is C21H29N3O3. The summed E-state index contributed by atoms with van der Waals surface area (Å²) < 4.78 is 16.5. The maximum absolute atomic E-state index is 5.77. The lowest BCUT2D eigenvalue weighted by Crippen LogP contribution is -2.46. The van der Waals surface area contributed by atoms with Crippen LogP contribution in [0.2, 0.25) is 0 Å². The molecule has 6 nitrogen and oxygen atoms in total. The third-order valence-corrected chi connectivity index (χ3v) is 4.85. The lowest BCUT2D eigenvalue weighted by Gasteiger charge is -2.36. The van der Waals surface area contributed by atoms with Gasteiger partial charge < -0.3 is 24.8 Å². The van der Waals surface area contributed by atoms with Gasteiger partial charge in [0.1, 0.15) is 5.75 Å². The fourth-order valence-corrected chi connectivity index (χ4v) is 3.33. The van der Waals surface area contributed by atoms with Gasteiger partial charge >= 0.3 is 0 Å². The summed E-state index contributed by atoms with van der Waals surface area (Å²) in [7, 11) is 3.33. The number of ether oxygens (including phenoxy) is 3. The lowest BCUT2D eigenvalue weighted by atomic mass is 10.2. The number of nitrogens with two attached hydrogens (primary N) is 1. The van der Waals surface area contributed by atoms with Crippen LogP contribution in [0.5, 0.6) is 17.2 Å². The smallest absolute Gasteiger partial charge is 0.162 e. The van der Waals surface area contributed by atoms with Gasteiger partial charge in [-0.3, -0.25) is 4.90 Å². The summed E-state index contributed by atoms with van der Waals surface area (Å²) in [4.78, 5) is 4.88. The second-order valence-electron chi connectivity index (χ2n) is 6.64. The number of hydrogen-bond acceptors (Lipinski definition) is 6. The average molecular weight is 371 g/mol. The van der Waals surface area contributed by atoms with E-state index in [1.165, 1.54) is 5.69 Å². The van der Waals surface area contributed by atoms with Crippen molar-refractivity contribution in [3.63, 3.8) is 0 Å². The molecule has 1 saturated heterocycles. The van der Waals surface area contributed by atoms with Gasteiger partial charge in [0.15, 0.2) is 11.5 Å². The molecule has 0 radical (unpaired) electrons. The summed E-state index contributed by atoms with van der Waals surface area (Å²) in [6.07, 6.45) is 1.01. The Bertz CT molecular complexity index is 730. The van der Waals surface area contributed by atoms with Gasteiger partial charge in [-0.25, -0.2) is 0 Å². The quantitative estimate of drug-likeness (QED) is 0.569. The third kappa shape index (κ3) is 5.20. The molecule has 0 spiro atoms. The third-order valence-electron chi connectivity index (χ3n) is 4.85. The Kier molecular flexibility index (Phi) is 6.65. The van der Waals surface area contributed by atoms with Gasteiger partial charge in [-0.05, 0) is 30.7 Å². The molecule has 1 aliphatic rings. The molecule has 0 unspecified atom stereocenters. The summed E-state index contributed by atoms with van der Waals surface area (Å²) in [5.74, 6) is 2.38. The fraction of sp³-hybridized carbons (Fsp3) is 0.429. The molecule has 0 amide bonds. The number of piperazine rings is 1. The Labute approximate surface area is 161 Å². The van der Waals surface area contributed by atoms with Crippen LogP contribution in [-0.4, -0.2) is 58.5 Å². The molecule has 6 heteroatoms. The number of anilines is 2. The molecule has 0 saturated carbocycles. The molecule has 0 aliphatic carbocycles. The molecule has 27 heavy (non-hydrogen) atoms. The van der Waals surface area contributed by atoms with Crippen LogP contribution < -0.4 is 24.8 Å². The number of rotatable bonds is 8. The molecule has 146 valence electrons. The van der Waals surface area contributed by atoms with Gasteiger partial charge in [0.25, 0.3) is 0 Å². The number of benzene rings is 2. The van der Waals surface area contributed by atoms with E-state index in [1.807, 2.05) is 36.4 Å². The van der Waals surface area contributed by atoms with E-state index in [2.05, 4.69) is 15.9 Å². The van der Waals surface area contributed by atoms with Crippen LogP contribution in [-0.2, 0) is 0 Å². The van der Waals surface area contributed by atoms with Crippen LogP contribution in [0.3, 0.4) is 0 Å². The first-order chi connectivity index (χ1) is 13.2. The second kappa shape index (κ2) is 9.37. The van der Waals surface area contributed by atoms with Crippen LogP contribution >= 0.6 is 0 Å². The Hall–Kier alpha value is -2.60. The van der Waals surface area contributed by atoms with Crippen LogP contribution in [0.25, 0.3) is 0 Å². The lowest BCUT2D eigenvalue weighted by molar-refractivity contribution is 0.224. The highest BCUT2D eigenvalue weighted by Crippen LogP contribution is 2.31. The fourth-order valence-electron chi connectivity index (χ4n) is 3.33. The van der Waals surface area contributed by atoms with E-state index in [4.69, 9.17) is 19.9 Å². The normalized spacial score (nSPS) is 14.8. The van der Waals surface area contributed by atoms with Crippen molar-refractivity contribution in [1.29, 1.82) is 0 Å². The van der Waals surface area contributed by atoms with Crippen molar-refractivity contribution in [2.45, 2.75) is 6.42 Å². The maximum atomic E-state index is 5.77. The maximum Gasteiger partial charge on any atom is 0.162 e. The van der Waals surface area contributed by atoms with Crippen LogP contribution in [0.1, 0.15) is 6.42 Å². The van der Waals surface area contributed by atoms with Crippen molar-refractivity contribution in [3.8, 4) is 17.2 Å². The topological polar surface area (TPSA) is 60.2 Å². The van der Waals surface area contributed by atoms with Crippen LogP contribution in [0.4, 0.5) is 11.4 Å². The Morgan fingerprint density at radius 2 is 1.70 bits per heavy atom. The average Bonchev–Trinajstić information content (AvgIpc) is 2.71. The van der Waals surface area contributed by atoms with Crippen LogP contribution in [0, 0.1) is 0 Å². The first-order valence-electron chi connectivity index (χ1n) is 9.37. The molecule has 2 aromatic rings. The highest BCUT2D eigenvalue weighted by Gasteiger charge is 2.18. The van der Waals surface area contributed by atoms with Crippen molar-refractivity contribution in [2.75, 3.05) is 64.2 Å². The van der Waals surface area contributed by atoms with E-state index in [0.29, 0.717) is 6.61 Å². The molecule has 1 fully saturated rings. The molecule has 2 aromatic carbocycles. The van der Waals surface area contributed by atoms with Crippen LogP contribution in [0.15, 0.2) is 42.5 Å². The first-order valence-corrected chi connectivity index (χ1v) is 9.37. The number of hydrogen-bond donors (Lipinski definition) is 1. The monoisotopic (exact) mass is 371 g/mol. The van der Waals surface area contributed by atoms with E-state index < -0.39 is 0 Å². The molecule has 3 rings (SSSR count). The van der Waals surface area contributed by atoms with Gasteiger partial charge in [0, 0.05) is 56.2 Å². The second-order valence-corrected chi connectivity index (χ2v) is 6.64. The summed E-state index contributed by atoms with van der Waals surface area (Å²) >= 11 is 0. The van der Waals surface area contributed by atoms with E-state index >= 15 is 0 Å². The molecule has 0 bridgehead atoms. The standard InChI is InChI=1S/C21H29N3O3/c1-25-20-8-7-18(16-21(20)26-2)24-12-10-23(11-13-24)9-4-14-27-19-6-3-5-17(22)15-19/h3,5-8,15-16H,4,9-14,22H2,1-2H3. The Morgan fingerprint density at radius 3 is 2.41 bits per heavy atom. The zero-order chi connectivity index (χ0) is 19.1. The Balaban J connectivity index is 1.41. The van der Waals surface area contributed by atoms with Crippen molar-refractivity contribution in [2.24, 2.45) is 0 Å². The summed E-state index contributed by atoms with van der Waals surface area (Å²) in [5.41, 5.74) is 7.68. The van der Waals surface area contributed by atoms with Crippen molar-refractivity contribution >= 4 is 11.4 Å². The SMILES string of the molecule is COc1ccc(N2CCN(CCCOc3cccc(N)c3)CC2)cc1OC. The molecule has 1 heterocycles. The van der Waals surface area contributed by atoms with Gasteiger partial charge in [-0.15, -0.1) is 0 Å². The van der Waals surface area contributed by atoms with E-state index in [1.54, 1.807) is 14.2 Å². The van der Waals surface area contributed by atoms with Crippen molar-refractivity contribution in [1.82, 2.24) is 4.90 Å². The number of methoxy groups -OCH3 is 2. The van der Waals surface area contributed by atoms with E-state index in [0.717, 1.165) is 62.1 Å². The van der Waals surface area contributed by atoms with E-state index in [9.17, 15) is 0 Å². The predicted octanol–water partition coefficient (Wildman–Crippen LogP) is 2.88. The summed E-state index contributed by atoms with van der Waals surface area (Å²) in [5, 5.41) is 0. The van der Waals surface area contributed by atoms with Crippen molar-refractivity contribution in [3.05, 3.63) is 42.5 Å². The summed E-state index contributed by atoms with van der Waals surface area (Å²) in [6, 6.07) is 13.7. The summed E-state index contributed by atoms with van der Waals surface area (Å²) in [6.45, 7) is 5.86. The Morgan fingerprint density at radius 1 is 0.926 bits per heavy atom. The van der Waals surface area contributed by atoms with Crippen molar-refractivity contribution < 1.29 is 14.2 Å². The minimum atomic E-state index is 0.708. The number of nitrogens with zero attached hydrogens (tertiary/aromatic N) is 2. The molecule has 0 atom stereocenters. The predicted molar refractivity (Wildman–Crippen MR) is 109 cm³/mol. The molecule has 1 aliphatic heterocycles. The molecule has 0 aromatic heterocycles. The zero-order valence-electron chi connectivity index (χ0n) is 16.2. The number of nitrogen functional groups attached to an aromatic ring is 1. The van der Waals surface area contributed by atoms with E-state index in [-0.39, 0.29) is 0 Å². The molecule has 2 N–H and O–H groups in total. The van der Waals surface area contributed by atoms with Gasteiger partial charge in [0.05, 0.1) is 20.8 Å². The van der Waals surface area contributed by atoms with Gasteiger partial charge in [0.2, 0.25) is 0 Å². The highest BCUT2D eigenvalue weighted by molar-refractivity contribution is 5.56. The molecular weight excluding hydrogens is 342 g/mol. The highest BCUT2D eigenvalue weighted by atomic mass is 16.5. The largest absolute Gasteiger partial charge is 0.493 e.